The third-order valence-corrected chi connectivity index (χ3v) is 4.36. The van der Waals surface area contributed by atoms with Crippen LogP contribution in [0.1, 0.15) is 12.8 Å². The Kier molecular flexibility index (Phi) is 4.04. The van der Waals surface area contributed by atoms with Gasteiger partial charge in [0.1, 0.15) is 0 Å². The Morgan fingerprint density at radius 2 is 2.11 bits per heavy atom. The van der Waals surface area contributed by atoms with Crippen molar-refractivity contribution in [2.24, 2.45) is 5.92 Å². The second-order valence-corrected chi connectivity index (χ2v) is 5.77. The van der Waals surface area contributed by atoms with E-state index in [0.717, 1.165) is 0 Å². The van der Waals surface area contributed by atoms with Crippen molar-refractivity contribution in [1.29, 1.82) is 0 Å². The maximum atomic E-state index is 12.0. The van der Waals surface area contributed by atoms with E-state index in [4.69, 9.17) is 5.11 Å². The summed E-state index contributed by atoms with van der Waals surface area (Å²) in [6.07, 6.45) is 4.05. The van der Waals surface area contributed by atoms with Gasteiger partial charge in [0.15, 0.2) is 0 Å². The van der Waals surface area contributed by atoms with Crippen molar-refractivity contribution in [2.75, 3.05) is 24.4 Å². The van der Waals surface area contributed by atoms with Crippen LogP contribution in [0.4, 0.5) is 5.95 Å². The highest BCUT2D eigenvalue weighted by Gasteiger charge is 2.28. The van der Waals surface area contributed by atoms with Gasteiger partial charge in [-0.05, 0) is 18.8 Å². The fourth-order valence-electron chi connectivity index (χ4n) is 1.81. The molecule has 1 fully saturated rings. The predicted octanol–water partition coefficient (Wildman–Crippen LogP) is -0.767. The summed E-state index contributed by atoms with van der Waals surface area (Å²) in [5.74, 6) is 0.146. The van der Waals surface area contributed by atoms with Gasteiger partial charge in [-0.15, -0.1) is 5.10 Å². The van der Waals surface area contributed by atoms with Crippen LogP contribution < -0.4 is 4.72 Å². The zero-order valence-corrected chi connectivity index (χ0v) is 10.5. The Bertz CT molecular complexity index is 472. The fourth-order valence-corrected chi connectivity index (χ4v) is 2.95. The average Bonchev–Trinajstić information content (AvgIpc) is 2.39. The van der Waals surface area contributed by atoms with E-state index in [0.29, 0.717) is 25.9 Å². The highest BCUT2D eigenvalue weighted by molar-refractivity contribution is 7.90. The van der Waals surface area contributed by atoms with Crippen molar-refractivity contribution in [1.82, 2.24) is 19.5 Å². The molecule has 1 aromatic heterocycles. The number of anilines is 1. The molecule has 1 aliphatic rings. The van der Waals surface area contributed by atoms with Crippen LogP contribution in [-0.4, -0.2) is 52.7 Å². The van der Waals surface area contributed by atoms with E-state index in [-0.39, 0.29) is 18.5 Å². The molecule has 0 spiro atoms. The summed E-state index contributed by atoms with van der Waals surface area (Å²) in [4.78, 5) is 3.76. The van der Waals surface area contributed by atoms with Crippen LogP contribution in [0.5, 0.6) is 0 Å². The number of aromatic nitrogens is 3. The molecule has 0 unspecified atom stereocenters. The molecular formula is C9H15N5O3S. The van der Waals surface area contributed by atoms with E-state index < -0.39 is 10.2 Å². The second-order valence-electron chi connectivity index (χ2n) is 4.10. The van der Waals surface area contributed by atoms with E-state index in [1.165, 1.54) is 16.7 Å². The van der Waals surface area contributed by atoms with Gasteiger partial charge in [-0.25, -0.2) is 9.71 Å². The smallest absolute Gasteiger partial charge is 0.304 e. The molecule has 0 bridgehead atoms. The maximum absolute atomic E-state index is 12.0. The van der Waals surface area contributed by atoms with Crippen molar-refractivity contribution in [3.63, 3.8) is 0 Å². The molecule has 2 heterocycles. The molecule has 0 aliphatic carbocycles. The highest BCUT2D eigenvalue weighted by Crippen LogP contribution is 2.19. The minimum atomic E-state index is -3.63. The van der Waals surface area contributed by atoms with Gasteiger partial charge in [-0.2, -0.15) is 17.8 Å². The van der Waals surface area contributed by atoms with Crippen LogP contribution in [0.25, 0.3) is 0 Å². The third-order valence-electron chi connectivity index (χ3n) is 2.87. The van der Waals surface area contributed by atoms with E-state index in [2.05, 4.69) is 19.9 Å². The van der Waals surface area contributed by atoms with Gasteiger partial charge >= 0.3 is 10.2 Å². The van der Waals surface area contributed by atoms with Crippen LogP contribution >= 0.6 is 0 Å². The largest absolute Gasteiger partial charge is 0.396 e. The molecule has 100 valence electrons. The summed E-state index contributed by atoms with van der Waals surface area (Å²) in [6.45, 7) is 0.884. The van der Waals surface area contributed by atoms with Gasteiger partial charge in [-0.1, -0.05) is 0 Å². The summed E-state index contributed by atoms with van der Waals surface area (Å²) in [6, 6.07) is 0. The monoisotopic (exact) mass is 273 g/mol. The number of nitrogens with one attached hydrogen (secondary N) is 1. The molecular weight excluding hydrogens is 258 g/mol. The van der Waals surface area contributed by atoms with E-state index in [9.17, 15) is 8.42 Å². The maximum Gasteiger partial charge on any atom is 0.304 e. The number of hydrogen-bond donors (Lipinski definition) is 2. The molecule has 0 atom stereocenters. The Morgan fingerprint density at radius 1 is 1.39 bits per heavy atom. The van der Waals surface area contributed by atoms with Crippen molar-refractivity contribution in [3.05, 3.63) is 12.4 Å². The quantitative estimate of drug-likeness (QED) is 0.746. The van der Waals surface area contributed by atoms with Crippen LogP contribution in [0.3, 0.4) is 0 Å². The first-order chi connectivity index (χ1) is 8.62. The molecule has 0 aromatic carbocycles. The van der Waals surface area contributed by atoms with Crippen LogP contribution in [-0.2, 0) is 10.2 Å². The van der Waals surface area contributed by atoms with Crippen molar-refractivity contribution >= 4 is 16.2 Å². The van der Waals surface area contributed by atoms with Crippen molar-refractivity contribution in [3.8, 4) is 0 Å². The lowest BCUT2D eigenvalue weighted by atomic mass is 10.00. The lowest BCUT2D eigenvalue weighted by Crippen LogP contribution is -2.42. The van der Waals surface area contributed by atoms with E-state index in [1.807, 2.05) is 0 Å². The van der Waals surface area contributed by atoms with E-state index >= 15 is 0 Å². The Labute approximate surface area is 105 Å². The molecule has 9 heteroatoms. The first kappa shape index (κ1) is 13.1. The summed E-state index contributed by atoms with van der Waals surface area (Å²) in [5, 5.41) is 16.1. The third kappa shape index (κ3) is 3.12. The molecule has 0 radical (unpaired) electrons. The van der Waals surface area contributed by atoms with Gasteiger partial charge < -0.3 is 5.11 Å². The Hall–Kier alpha value is -1.32. The predicted molar refractivity (Wildman–Crippen MR) is 63.8 cm³/mol. The zero-order valence-electron chi connectivity index (χ0n) is 9.73. The fraction of sp³-hybridized carbons (Fsp3) is 0.667. The lowest BCUT2D eigenvalue weighted by Gasteiger charge is -2.29. The Morgan fingerprint density at radius 3 is 2.67 bits per heavy atom. The number of hydrogen-bond acceptors (Lipinski definition) is 6. The summed E-state index contributed by atoms with van der Waals surface area (Å²) < 4.78 is 27.6. The van der Waals surface area contributed by atoms with Gasteiger partial charge in [-0.3, -0.25) is 0 Å². The molecule has 1 aliphatic heterocycles. The second kappa shape index (κ2) is 5.55. The lowest BCUT2D eigenvalue weighted by molar-refractivity contribution is 0.170. The molecule has 0 saturated carbocycles. The topological polar surface area (TPSA) is 108 Å². The molecule has 2 rings (SSSR count). The average molecular weight is 273 g/mol. The molecule has 2 N–H and O–H groups in total. The van der Waals surface area contributed by atoms with Gasteiger partial charge in [0.25, 0.3) is 5.95 Å². The van der Waals surface area contributed by atoms with Crippen LogP contribution in [0, 0.1) is 5.92 Å². The highest BCUT2D eigenvalue weighted by atomic mass is 32.2. The first-order valence-corrected chi connectivity index (χ1v) is 7.08. The first-order valence-electron chi connectivity index (χ1n) is 5.64. The molecule has 18 heavy (non-hydrogen) atoms. The van der Waals surface area contributed by atoms with Crippen LogP contribution in [0.15, 0.2) is 12.4 Å². The SMILES string of the molecule is O=S(=O)(Nc1nccnn1)N1CCC(CO)CC1. The van der Waals surface area contributed by atoms with Crippen molar-refractivity contribution < 1.29 is 13.5 Å². The number of piperidine rings is 1. The van der Waals surface area contributed by atoms with Gasteiger partial charge in [0.05, 0.1) is 12.4 Å². The number of aliphatic hydroxyl groups is 1. The molecule has 8 nitrogen and oxygen atoms in total. The molecule has 0 amide bonds. The summed E-state index contributed by atoms with van der Waals surface area (Å²) >= 11 is 0. The molecule has 1 aromatic rings. The number of aliphatic hydroxyl groups excluding tert-OH is 1. The summed E-state index contributed by atoms with van der Waals surface area (Å²) in [7, 11) is -3.63. The van der Waals surface area contributed by atoms with Gasteiger partial charge in [0.2, 0.25) is 0 Å². The van der Waals surface area contributed by atoms with Crippen LogP contribution in [0.2, 0.25) is 0 Å². The summed E-state index contributed by atoms with van der Waals surface area (Å²) in [5.41, 5.74) is 0. The van der Waals surface area contributed by atoms with Crippen molar-refractivity contribution in [2.45, 2.75) is 12.8 Å². The minimum absolute atomic E-state index is 0.0400. The zero-order chi connectivity index (χ0) is 13.0. The standard InChI is InChI=1S/C9H15N5O3S/c15-7-8-1-5-14(6-2-8)18(16,17)13-9-10-3-4-11-12-9/h3-4,8,15H,1-2,5-7H2,(H,10,12,13). The Balaban J connectivity index is 2.00. The minimum Gasteiger partial charge on any atom is -0.396 e. The molecule has 1 saturated heterocycles. The number of nitrogens with zero attached hydrogens (tertiary/aromatic N) is 4. The normalized spacial score (nSPS) is 18.7. The van der Waals surface area contributed by atoms with Gasteiger partial charge in [0, 0.05) is 19.7 Å². The number of rotatable bonds is 4. The van der Waals surface area contributed by atoms with E-state index in [1.54, 1.807) is 0 Å².